The number of hydrogen-bond donors (Lipinski definition) is 3. The van der Waals surface area contributed by atoms with Crippen molar-refractivity contribution in [1.29, 1.82) is 0 Å². The highest BCUT2D eigenvalue weighted by molar-refractivity contribution is 7.17. The molecular weight excluding hydrogens is 504 g/mol. The molecule has 1 aliphatic rings. The molecule has 0 aromatic carbocycles. The minimum absolute atomic E-state index is 0.118. The Kier molecular flexibility index (Phi) is 6.52. The van der Waals surface area contributed by atoms with E-state index in [2.05, 4.69) is 49.0 Å². The monoisotopic (exact) mass is 532 g/mol. The van der Waals surface area contributed by atoms with Crippen LogP contribution in [-0.4, -0.2) is 68.9 Å². The molecule has 1 fully saturated rings. The van der Waals surface area contributed by atoms with E-state index in [0.717, 1.165) is 34.6 Å². The van der Waals surface area contributed by atoms with Crippen LogP contribution < -0.4 is 15.8 Å². The van der Waals surface area contributed by atoms with Crippen LogP contribution in [0.3, 0.4) is 0 Å². The number of morpholine rings is 1. The Labute approximate surface area is 222 Å². The highest BCUT2D eigenvalue weighted by Crippen LogP contribution is 2.36. The van der Waals surface area contributed by atoms with Gasteiger partial charge in [-0.15, -0.1) is 11.3 Å². The van der Waals surface area contributed by atoms with Crippen molar-refractivity contribution < 1.29 is 9.47 Å². The van der Waals surface area contributed by atoms with E-state index in [1.807, 2.05) is 17.5 Å². The molecular formula is C26H28N8O3S. The van der Waals surface area contributed by atoms with Crippen molar-refractivity contribution >= 4 is 44.1 Å². The predicted octanol–water partition coefficient (Wildman–Crippen LogP) is 3.73. The topological polar surface area (TPSA) is 134 Å². The minimum Gasteiger partial charge on any atom is -0.382 e. The Balaban J connectivity index is 1.44. The Morgan fingerprint density at radius 2 is 1.97 bits per heavy atom. The summed E-state index contributed by atoms with van der Waals surface area (Å²) >= 11 is 1.53. The van der Waals surface area contributed by atoms with Crippen molar-refractivity contribution in [2.24, 2.45) is 0 Å². The van der Waals surface area contributed by atoms with Crippen molar-refractivity contribution in [1.82, 2.24) is 29.9 Å². The van der Waals surface area contributed by atoms with Crippen LogP contribution in [0.2, 0.25) is 0 Å². The first-order valence-corrected chi connectivity index (χ1v) is 13.3. The molecule has 0 bridgehead atoms. The number of aromatic amines is 2. The second-order valence-corrected chi connectivity index (χ2v) is 10.4. The largest absolute Gasteiger partial charge is 0.382 e. The van der Waals surface area contributed by atoms with E-state index >= 15 is 0 Å². The minimum atomic E-state index is -0.380. The maximum atomic E-state index is 13.4. The van der Waals surface area contributed by atoms with E-state index < -0.39 is 0 Å². The molecule has 38 heavy (non-hydrogen) atoms. The molecule has 1 aliphatic heterocycles. The number of methoxy groups -OCH3 is 1. The number of pyridine rings is 2. The van der Waals surface area contributed by atoms with Crippen LogP contribution in [0.25, 0.3) is 32.6 Å². The maximum Gasteiger partial charge on any atom is 0.261 e. The molecule has 0 unspecified atom stereocenters. The molecule has 3 N–H and O–H groups in total. The first-order valence-electron chi connectivity index (χ1n) is 12.4. The molecule has 6 rings (SSSR count). The second-order valence-electron chi connectivity index (χ2n) is 9.43. The van der Waals surface area contributed by atoms with Gasteiger partial charge in [0.05, 0.1) is 46.4 Å². The fourth-order valence-corrected chi connectivity index (χ4v) is 5.81. The highest BCUT2D eigenvalue weighted by atomic mass is 32.1. The molecule has 6 heterocycles. The first-order chi connectivity index (χ1) is 18.5. The van der Waals surface area contributed by atoms with Crippen LogP contribution in [0.1, 0.15) is 25.7 Å². The van der Waals surface area contributed by atoms with E-state index in [1.54, 1.807) is 31.8 Å². The van der Waals surface area contributed by atoms with E-state index in [1.165, 1.54) is 11.3 Å². The molecule has 11 nitrogen and oxygen atoms in total. The van der Waals surface area contributed by atoms with Crippen LogP contribution in [0.15, 0.2) is 47.0 Å². The fourth-order valence-electron chi connectivity index (χ4n) is 4.95. The smallest absolute Gasteiger partial charge is 0.261 e. The number of ether oxygens (including phenoxy) is 2. The van der Waals surface area contributed by atoms with Gasteiger partial charge in [0.1, 0.15) is 28.8 Å². The van der Waals surface area contributed by atoms with Gasteiger partial charge >= 0.3 is 0 Å². The zero-order chi connectivity index (χ0) is 26.2. The van der Waals surface area contributed by atoms with Gasteiger partial charge in [0.15, 0.2) is 5.82 Å². The SMILES string of the molecule is COC[C@H](Nc1c(-c2nc3cnc(N4C[C@@H](C)O[C@@H](C)C4)cc3[nH]2)c(=O)[nH]c2ccsc12)c1ncccn1. The van der Waals surface area contributed by atoms with Crippen molar-refractivity contribution in [3.8, 4) is 11.4 Å². The van der Waals surface area contributed by atoms with E-state index in [-0.39, 0.29) is 23.8 Å². The van der Waals surface area contributed by atoms with Gasteiger partial charge in [-0.05, 0) is 31.4 Å². The van der Waals surface area contributed by atoms with Gasteiger partial charge < -0.3 is 29.7 Å². The summed E-state index contributed by atoms with van der Waals surface area (Å²) in [5.74, 6) is 1.86. The lowest BCUT2D eigenvalue weighted by atomic mass is 10.1. The average Bonchev–Trinajstić information content (AvgIpc) is 3.54. The summed E-state index contributed by atoms with van der Waals surface area (Å²) in [6, 6.07) is 5.25. The standard InChI is InChI=1S/C26H28N8O3S/c1-14-11-34(12-15(2)37-14)20-9-17-18(10-29-20)32-25(31-17)21-22(23-16(5-8-38-23)33-26(21)35)30-19(13-36-3)24-27-6-4-7-28-24/h4-10,14-15,19H,11-13H2,1-3H3,(H,31,32)(H2,30,33,35)/t14-,15+,19-/m0/s1. The third-order valence-electron chi connectivity index (χ3n) is 6.50. The Morgan fingerprint density at radius 3 is 2.74 bits per heavy atom. The number of anilines is 2. The van der Waals surface area contributed by atoms with Gasteiger partial charge in [-0.2, -0.15) is 0 Å². The van der Waals surface area contributed by atoms with E-state index in [9.17, 15) is 4.79 Å². The van der Waals surface area contributed by atoms with Crippen LogP contribution in [0, 0.1) is 0 Å². The summed E-state index contributed by atoms with van der Waals surface area (Å²) in [6.07, 6.45) is 5.35. The molecule has 12 heteroatoms. The highest BCUT2D eigenvalue weighted by Gasteiger charge is 2.25. The average molecular weight is 533 g/mol. The zero-order valence-corrected chi connectivity index (χ0v) is 22.1. The van der Waals surface area contributed by atoms with Gasteiger partial charge in [-0.25, -0.2) is 19.9 Å². The van der Waals surface area contributed by atoms with Gasteiger partial charge in [-0.1, -0.05) is 0 Å². The third-order valence-corrected chi connectivity index (χ3v) is 7.43. The molecule has 1 saturated heterocycles. The fraction of sp³-hybridized carbons (Fsp3) is 0.346. The van der Waals surface area contributed by atoms with E-state index in [0.29, 0.717) is 35.0 Å². The normalized spacial score (nSPS) is 18.8. The molecule has 0 spiro atoms. The molecule has 5 aromatic rings. The lowest BCUT2D eigenvalue weighted by molar-refractivity contribution is -0.00545. The summed E-state index contributed by atoms with van der Waals surface area (Å²) in [6.45, 7) is 5.96. The lowest BCUT2D eigenvalue weighted by Gasteiger charge is -2.36. The summed E-state index contributed by atoms with van der Waals surface area (Å²) in [4.78, 5) is 40.2. The summed E-state index contributed by atoms with van der Waals surface area (Å²) in [5.41, 5.74) is 3.01. The van der Waals surface area contributed by atoms with Crippen molar-refractivity contribution in [2.75, 3.05) is 37.0 Å². The van der Waals surface area contributed by atoms with Crippen LogP contribution in [0.5, 0.6) is 0 Å². The quantitative estimate of drug-likeness (QED) is 0.287. The Bertz CT molecular complexity index is 1620. The second kappa shape index (κ2) is 10.1. The van der Waals surface area contributed by atoms with Crippen LogP contribution in [-0.2, 0) is 9.47 Å². The lowest BCUT2D eigenvalue weighted by Crippen LogP contribution is -2.45. The van der Waals surface area contributed by atoms with Gasteiger partial charge in [0.2, 0.25) is 0 Å². The molecule has 0 saturated carbocycles. The number of H-pyrrole nitrogens is 2. The molecule has 196 valence electrons. The number of aromatic nitrogens is 6. The number of nitrogens with one attached hydrogen (secondary N) is 3. The number of fused-ring (bicyclic) bond motifs is 2. The molecule has 0 radical (unpaired) electrons. The Hall–Kier alpha value is -3.87. The third kappa shape index (κ3) is 4.62. The van der Waals surface area contributed by atoms with Crippen molar-refractivity contribution in [3.05, 3.63) is 58.3 Å². The number of imidazole rings is 1. The number of nitrogens with zero attached hydrogens (tertiary/aromatic N) is 5. The maximum absolute atomic E-state index is 13.4. The molecule has 3 atom stereocenters. The van der Waals surface area contributed by atoms with Gasteiger partial charge in [0, 0.05) is 38.7 Å². The molecule has 5 aromatic heterocycles. The molecule has 0 amide bonds. The van der Waals surface area contributed by atoms with Crippen molar-refractivity contribution in [2.45, 2.75) is 32.1 Å². The molecule has 0 aliphatic carbocycles. The summed E-state index contributed by atoms with van der Waals surface area (Å²) < 4.78 is 12.2. The van der Waals surface area contributed by atoms with Gasteiger partial charge in [-0.3, -0.25) is 4.79 Å². The number of hydrogen-bond acceptors (Lipinski definition) is 10. The van der Waals surface area contributed by atoms with E-state index in [4.69, 9.17) is 14.5 Å². The first kappa shape index (κ1) is 24.5. The van der Waals surface area contributed by atoms with Crippen LogP contribution >= 0.6 is 11.3 Å². The van der Waals surface area contributed by atoms with Gasteiger partial charge in [0.25, 0.3) is 5.56 Å². The summed E-state index contributed by atoms with van der Waals surface area (Å²) in [5, 5.41) is 5.44. The van der Waals surface area contributed by atoms with Crippen molar-refractivity contribution in [3.63, 3.8) is 0 Å². The number of rotatable bonds is 7. The Morgan fingerprint density at radius 1 is 1.18 bits per heavy atom. The predicted molar refractivity (Wildman–Crippen MR) is 148 cm³/mol. The van der Waals surface area contributed by atoms with Crippen LogP contribution in [0.4, 0.5) is 11.5 Å². The zero-order valence-electron chi connectivity index (χ0n) is 21.3. The number of thiophene rings is 1. The summed E-state index contributed by atoms with van der Waals surface area (Å²) in [7, 11) is 1.62.